The van der Waals surface area contributed by atoms with Crippen LogP contribution in [0.4, 0.5) is 5.95 Å². The van der Waals surface area contributed by atoms with Crippen LogP contribution in [-0.4, -0.2) is 32.4 Å². The van der Waals surface area contributed by atoms with Crippen molar-refractivity contribution in [2.75, 3.05) is 11.9 Å². The molecule has 0 saturated carbocycles. The van der Waals surface area contributed by atoms with E-state index in [1.165, 1.54) is 5.56 Å². The molecule has 17 heavy (non-hydrogen) atoms. The fraction of sp³-hybridized carbons (Fsp3) is 0.500. The van der Waals surface area contributed by atoms with Gasteiger partial charge in [0, 0.05) is 18.8 Å². The van der Waals surface area contributed by atoms with E-state index in [1.54, 1.807) is 4.52 Å². The number of rotatable bonds is 5. The minimum atomic E-state index is 0.226. The Morgan fingerprint density at radius 2 is 2.35 bits per heavy atom. The Balaban J connectivity index is 2.08. The van der Waals surface area contributed by atoms with Crippen molar-refractivity contribution in [2.45, 2.75) is 32.7 Å². The lowest BCUT2D eigenvalue weighted by molar-refractivity contribution is 0.282. The first kappa shape index (κ1) is 11.9. The van der Waals surface area contributed by atoms with Gasteiger partial charge in [-0.15, -0.1) is 5.10 Å². The second kappa shape index (κ2) is 5.14. The van der Waals surface area contributed by atoms with Crippen molar-refractivity contribution < 1.29 is 5.11 Å². The summed E-state index contributed by atoms with van der Waals surface area (Å²) < 4.78 is 1.76. The van der Waals surface area contributed by atoms with E-state index in [0.717, 1.165) is 18.5 Å². The van der Waals surface area contributed by atoms with Gasteiger partial charge >= 0.3 is 0 Å². The molecule has 0 aliphatic heterocycles. The molecule has 0 fully saturated rings. The Bertz CT molecular complexity index is 494. The molecular formula is C12H18N4O. The van der Waals surface area contributed by atoms with Gasteiger partial charge in [-0.25, -0.2) is 4.52 Å². The summed E-state index contributed by atoms with van der Waals surface area (Å²) in [7, 11) is 0. The first-order valence-corrected chi connectivity index (χ1v) is 5.89. The number of hydrogen-bond acceptors (Lipinski definition) is 4. The van der Waals surface area contributed by atoms with Gasteiger partial charge in [0.05, 0.1) is 0 Å². The van der Waals surface area contributed by atoms with Gasteiger partial charge < -0.3 is 10.4 Å². The minimum Gasteiger partial charge on any atom is -0.396 e. The Kier molecular flexibility index (Phi) is 3.58. The molecule has 0 saturated heterocycles. The number of fused-ring (bicyclic) bond motifs is 1. The van der Waals surface area contributed by atoms with Crippen LogP contribution in [-0.2, 0) is 0 Å². The summed E-state index contributed by atoms with van der Waals surface area (Å²) in [6, 6.07) is 4.26. The van der Waals surface area contributed by atoms with Crippen molar-refractivity contribution in [1.29, 1.82) is 0 Å². The second-order valence-electron chi connectivity index (χ2n) is 4.35. The summed E-state index contributed by atoms with van der Waals surface area (Å²) in [5.41, 5.74) is 2.02. The maximum atomic E-state index is 8.76. The molecule has 1 unspecified atom stereocenters. The number of nitrogens with one attached hydrogen (secondary N) is 1. The van der Waals surface area contributed by atoms with Crippen molar-refractivity contribution in [3.63, 3.8) is 0 Å². The highest BCUT2D eigenvalue weighted by Gasteiger charge is 2.06. The molecule has 5 nitrogen and oxygen atoms in total. The van der Waals surface area contributed by atoms with Crippen molar-refractivity contribution in [3.8, 4) is 0 Å². The number of anilines is 1. The molecule has 0 radical (unpaired) electrons. The molecule has 2 aromatic heterocycles. The van der Waals surface area contributed by atoms with Gasteiger partial charge in [0.25, 0.3) is 0 Å². The molecule has 2 rings (SSSR count). The molecule has 1 atom stereocenters. The molecule has 0 bridgehead atoms. The van der Waals surface area contributed by atoms with E-state index in [-0.39, 0.29) is 12.6 Å². The van der Waals surface area contributed by atoms with Crippen LogP contribution in [0.25, 0.3) is 5.65 Å². The maximum Gasteiger partial charge on any atom is 0.243 e. The molecule has 2 heterocycles. The Morgan fingerprint density at radius 3 is 3.12 bits per heavy atom. The standard InChI is InChI=1S/C12H18N4O/c1-9-5-6-16-11(8-9)14-12(15-16)13-10(2)4-3-7-17/h5-6,8,10,17H,3-4,7H2,1-2H3,(H,13,15). The highest BCUT2D eigenvalue weighted by molar-refractivity contribution is 5.45. The summed E-state index contributed by atoms with van der Waals surface area (Å²) in [4.78, 5) is 4.40. The lowest BCUT2D eigenvalue weighted by atomic mass is 10.2. The SMILES string of the molecule is Cc1ccn2nc(NC(C)CCCO)nc2c1. The highest BCUT2D eigenvalue weighted by atomic mass is 16.2. The lowest BCUT2D eigenvalue weighted by Crippen LogP contribution is -2.16. The van der Waals surface area contributed by atoms with Gasteiger partial charge in [-0.05, 0) is 44.4 Å². The number of nitrogens with zero attached hydrogens (tertiary/aromatic N) is 3. The highest BCUT2D eigenvalue weighted by Crippen LogP contribution is 2.09. The van der Waals surface area contributed by atoms with Crippen LogP contribution in [0.15, 0.2) is 18.3 Å². The van der Waals surface area contributed by atoms with Crippen LogP contribution < -0.4 is 5.32 Å². The van der Waals surface area contributed by atoms with Crippen molar-refractivity contribution in [2.24, 2.45) is 0 Å². The first-order valence-electron chi connectivity index (χ1n) is 5.89. The van der Waals surface area contributed by atoms with E-state index in [1.807, 2.05) is 25.3 Å². The molecule has 0 aliphatic carbocycles. The summed E-state index contributed by atoms with van der Waals surface area (Å²) >= 11 is 0. The lowest BCUT2D eigenvalue weighted by Gasteiger charge is -2.10. The number of pyridine rings is 1. The zero-order valence-electron chi connectivity index (χ0n) is 10.2. The molecule has 2 aromatic rings. The molecule has 0 aliphatic rings. The van der Waals surface area contributed by atoms with Gasteiger partial charge in [-0.3, -0.25) is 0 Å². The number of aliphatic hydroxyl groups is 1. The van der Waals surface area contributed by atoms with Gasteiger partial charge in [0.1, 0.15) is 0 Å². The Morgan fingerprint density at radius 1 is 1.53 bits per heavy atom. The first-order chi connectivity index (χ1) is 8.19. The Hall–Kier alpha value is -1.62. The third-order valence-electron chi connectivity index (χ3n) is 2.66. The zero-order chi connectivity index (χ0) is 12.3. The quantitative estimate of drug-likeness (QED) is 0.825. The van der Waals surface area contributed by atoms with Crippen molar-refractivity contribution >= 4 is 11.6 Å². The average molecular weight is 234 g/mol. The van der Waals surface area contributed by atoms with E-state index < -0.39 is 0 Å². The molecule has 0 aromatic carbocycles. The largest absolute Gasteiger partial charge is 0.396 e. The molecule has 92 valence electrons. The molecular weight excluding hydrogens is 216 g/mol. The van der Waals surface area contributed by atoms with Crippen LogP contribution in [0.2, 0.25) is 0 Å². The van der Waals surface area contributed by atoms with Gasteiger partial charge in [0.2, 0.25) is 5.95 Å². The normalized spacial score (nSPS) is 12.9. The number of aliphatic hydroxyl groups excluding tert-OH is 1. The predicted octanol–water partition coefficient (Wildman–Crippen LogP) is 1.61. The van der Waals surface area contributed by atoms with E-state index in [4.69, 9.17) is 5.11 Å². The zero-order valence-corrected chi connectivity index (χ0v) is 10.2. The van der Waals surface area contributed by atoms with Crippen LogP contribution in [0.5, 0.6) is 0 Å². The summed E-state index contributed by atoms with van der Waals surface area (Å²) in [5.74, 6) is 0.640. The van der Waals surface area contributed by atoms with Crippen LogP contribution in [0.1, 0.15) is 25.3 Å². The fourth-order valence-corrected chi connectivity index (χ4v) is 1.73. The van der Waals surface area contributed by atoms with Crippen LogP contribution in [0, 0.1) is 6.92 Å². The maximum absolute atomic E-state index is 8.76. The Labute approximate surface area is 100 Å². The summed E-state index contributed by atoms with van der Waals surface area (Å²) in [6.07, 6.45) is 3.60. The van der Waals surface area contributed by atoms with Gasteiger partial charge in [0.15, 0.2) is 5.65 Å². The fourth-order valence-electron chi connectivity index (χ4n) is 1.73. The average Bonchev–Trinajstić information content (AvgIpc) is 2.67. The number of hydrogen-bond donors (Lipinski definition) is 2. The van der Waals surface area contributed by atoms with E-state index in [0.29, 0.717) is 5.95 Å². The van der Waals surface area contributed by atoms with E-state index >= 15 is 0 Å². The molecule has 0 amide bonds. The summed E-state index contributed by atoms with van der Waals surface area (Å²) in [6.45, 7) is 4.32. The molecule has 5 heteroatoms. The molecule has 0 spiro atoms. The van der Waals surface area contributed by atoms with Gasteiger partial charge in [-0.1, -0.05) is 0 Å². The number of aryl methyl sites for hydroxylation is 1. The van der Waals surface area contributed by atoms with Crippen molar-refractivity contribution in [3.05, 3.63) is 23.9 Å². The second-order valence-corrected chi connectivity index (χ2v) is 4.35. The van der Waals surface area contributed by atoms with E-state index in [9.17, 15) is 0 Å². The van der Waals surface area contributed by atoms with Gasteiger partial charge in [-0.2, -0.15) is 4.98 Å². The third-order valence-corrected chi connectivity index (χ3v) is 2.66. The van der Waals surface area contributed by atoms with Crippen LogP contribution in [0.3, 0.4) is 0 Å². The van der Waals surface area contributed by atoms with E-state index in [2.05, 4.69) is 22.3 Å². The van der Waals surface area contributed by atoms with Crippen molar-refractivity contribution in [1.82, 2.24) is 14.6 Å². The topological polar surface area (TPSA) is 62.5 Å². The summed E-state index contributed by atoms with van der Waals surface area (Å²) in [5, 5.41) is 16.3. The predicted molar refractivity (Wildman–Crippen MR) is 67.1 cm³/mol. The number of aromatic nitrogens is 3. The minimum absolute atomic E-state index is 0.226. The third kappa shape index (κ3) is 2.94. The molecule has 2 N–H and O–H groups in total. The monoisotopic (exact) mass is 234 g/mol. The smallest absolute Gasteiger partial charge is 0.243 e. The van der Waals surface area contributed by atoms with Crippen LogP contribution >= 0.6 is 0 Å².